The molecule has 2 aliphatic rings. The topological polar surface area (TPSA) is 70.1 Å². The molecule has 0 unspecified atom stereocenters. The lowest BCUT2D eigenvalue weighted by atomic mass is 9.93. The molecule has 7 heteroatoms. The Morgan fingerprint density at radius 3 is 2.55 bits per heavy atom. The van der Waals surface area contributed by atoms with Gasteiger partial charge in [-0.15, -0.1) is 0 Å². The van der Waals surface area contributed by atoms with Crippen molar-refractivity contribution in [2.45, 2.75) is 26.3 Å². The highest BCUT2D eigenvalue weighted by atomic mass is 19.1. The van der Waals surface area contributed by atoms with Crippen LogP contribution in [-0.2, 0) is 14.3 Å². The van der Waals surface area contributed by atoms with Crippen molar-refractivity contribution in [3.63, 3.8) is 0 Å². The second-order valence-electron chi connectivity index (χ2n) is 8.64. The first-order valence-electron chi connectivity index (χ1n) is 11.3. The molecule has 2 aromatic rings. The summed E-state index contributed by atoms with van der Waals surface area (Å²) in [5.41, 5.74) is 2.29. The van der Waals surface area contributed by atoms with E-state index in [9.17, 15) is 19.1 Å². The number of ether oxygens (including phenoxy) is 1. The van der Waals surface area contributed by atoms with Crippen molar-refractivity contribution < 1.29 is 23.8 Å². The molecule has 1 N–H and O–H groups in total. The minimum atomic E-state index is -0.976. The second-order valence-corrected chi connectivity index (χ2v) is 8.64. The van der Waals surface area contributed by atoms with Crippen LogP contribution in [0, 0.1) is 19.7 Å². The molecular weight excluding hydrogens is 423 g/mol. The third kappa shape index (κ3) is 4.70. The SMILES string of the molecule is Cc1ccc(C)c(C(O)=C2C(=O)C(=O)N(CCCN3CCOCC3)[C@H]2c2ccccc2F)c1. The first-order valence-corrected chi connectivity index (χ1v) is 11.3. The number of aliphatic hydroxyl groups is 1. The van der Waals surface area contributed by atoms with Gasteiger partial charge in [0.2, 0.25) is 0 Å². The Hall–Kier alpha value is -3.03. The van der Waals surface area contributed by atoms with E-state index in [2.05, 4.69) is 4.90 Å². The van der Waals surface area contributed by atoms with Gasteiger partial charge in [0.25, 0.3) is 11.7 Å². The Morgan fingerprint density at radius 1 is 1.09 bits per heavy atom. The number of rotatable bonds is 6. The Bertz CT molecular complexity index is 1090. The number of ketones is 1. The van der Waals surface area contributed by atoms with Gasteiger partial charge in [0, 0.05) is 37.3 Å². The molecule has 33 heavy (non-hydrogen) atoms. The molecule has 0 spiro atoms. The quantitative estimate of drug-likeness (QED) is 0.412. The third-order valence-electron chi connectivity index (χ3n) is 6.37. The lowest BCUT2D eigenvalue weighted by molar-refractivity contribution is -0.140. The van der Waals surface area contributed by atoms with Crippen molar-refractivity contribution in [1.29, 1.82) is 0 Å². The number of aryl methyl sites for hydroxylation is 2. The number of amides is 1. The number of aliphatic hydroxyl groups excluding tert-OH is 1. The van der Waals surface area contributed by atoms with E-state index >= 15 is 0 Å². The molecular formula is C26H29FN2O4. The summed E-state index contributed by atoms with van der Waals surface area (Å²) in [7, 11) is 0. The number of Topliss-reactive ketones (excluding diaryl/α,β-unsaturated/α-hetero) is 1. The number of halogens is 1. The smallest absolute Gasteiger partial charge is 0.295 e. The maximum Gasteiger partial charge on any atom is 0.295 e. The average molecular weight is 453 g/mol. The number of hydrogen-bond acceptors (Lipinski definition) is 5. The number of hydrogen-bond donors (Lipinski definition) is 1. The molecule has 6 nitrogen and oxygen atoms in total. The van der Waals surface area contributed by atoms with Crippen LogP contribution < -0.4 is 0 Å². The zero-order valence-electron chi connectivity index (χ0n) is 19.0. The predicted octanol–water partition coefficient (Wildman–Crippen LogP) is 3.59. The molecule has 174 valence electrons. The Kier molecular flexibility index (Phi) is 6.91. The fourth-order valence-corrected chi connectivity index (χ4v) is 4.56. The van der Waals surface area contributed by atoms with Crippen LogP contribution in [-0.4, -0.2) is 66.0 Å². The van der Waals surface area contributed by atoms with Gasteiger partial charge >= 0.3 is 0 Å². The highest BCUT2D eigenvalue weighted by Gasteiger charge is 2.46. The molecule has 1 amide bonds. The van der Waals surface area contributed by atoms with E-state index in [1.807, 2.05) is 26.0 Å². The maximum atomic E-state index is 14.9. The van der Waals surface area contributed by atoms with Crippen LogP contribution in [0.2, 0.25) is 0 Å². The molecule has 2 aromatic carbocycles. The standard InChI is InChI=1S/C26H29FN2O4/c1-17-8-9-18(2)20(16-17)24(30)22-23(19-6-3-4-7-21(19)27)29(26(32)25(22)31)11-5-10-28-12-14-33-15-13-28/h3-4,6-9,16,23,30H,5,10-15H2,1-2H3/t23-/m0/s1. The second kappa shape index (κ2) is 9.85. The molecule has 2 aliphatic heterocycles. The van der Waals surface area contributed by atoms with Gasteiger partial charge in [-0.05, 0) is 38.0 Å². The predicted molar refractivity (Wildman–Crippen MR) is 123 cm³/mol. The van der Waals surface area contributed by atoms with Crippen molar-refractivity contribution >= 4 is 17.4 Å². The minimum Gasteiger partial charge on any atom is -0.507 e. The summed E-state index contributed by atoms with van der Waals surface area (Å²) >= 11 is 0. The Morgan fingerprint density at radius 2 is 1.82 bits per heavy atom. The van der Waals surface area contributed by atoms with Crippen molar-refractivity contribution in [1.82, 2.24) is 9.80 Å². The molecule has 0 saturated carbocycles. The van der Waals surface area contributed by atoms with Crippen LogP contribution in [0.25, 0.3) is 5.76 Å². The number of carbonyl (C=O) groups excluding carboxylic acids is 2. The minimum absolute atomic E-state index is 0.0647. The summed E-state index contributed by atoms with van der Waals surface area (Å²) in [6, 6.07) is 10.7. The summed E-state index contributed by atoms with van der Waals surface area (Å²) in [5.74, 6) is -2.28. The molecule has 0 radical (unpaired) electrons. The number of likely N-dealkylation sites (tertiary alicyclic amines) is 1. The number of nitrogens with zero attached hydrogens (tertiary/aromatic N) is 2. The van der Waals surface area contributed by atoms with Crippen LogP contribution in [0.15, 0.2) is 48.0 Å². The van der Waals surface area contributed by atoms with E-state index in [0.29, 0.717) is 25.2 Å². The molecule has 4 rings (SSSR count). The maximum absolute atomic E-state index is 14.9. The largest absolute Gasteiger partial charge is 0.507 e. The molecule has 2 heterocycles. The summed E-state index contributed by atoms with van der Waals surface area (Å²) in [6.45, 7) is 7.73. The van der Waals surface area contributed by atoms with Crippen molar-refractivity contribution in [2.75, 3.05) is 39.4 Å². The zero-order chi connectivity index (χ0) is 23.5. The lowest BCUT2D eigenvalue weighted by Gasteiger charge is -2.29. The summed E-state index contributed by atoms with van der Waals surface area (Å²) in [4.78, 5) is 29.8. The van der Waals surface area contributed by atoms with Crippen molar-refractivity contribution in [3.05, 3.63) is 76.1 Å². The van der Waals surface area contributed by atoms with Gasteiger partial charge in [-0.25, -0.2) is 4.39 Å². The van der Waals surface area contributed by atoms with E-state index in [0.717, 1.165) is 30.8 Å². The molecule has 1 atom stereocenters. The van der Waals surface area contributed by atoms with E-state index < -0.39 is 23.5 Å². The zero-order valence-corrected chi connectivity index (χ0v) is 19.0. The van der Waals surface area contributed by atoms with Crippen molar-refractivity contribution in [3.8, 4) is 0 Å². The van der Waals surface area contributed by atoms with E-state index in [4.69, 9.17) is 4.74 Å². The molecule has 2 fully saturated rings. The van der Waals surface area contributed by atoms with Gasteiger partial charge in [0.15, 0.2) is 0 Å². The fourth-order valence-electron chi connectivity index (χ4n) is 4.56. The van der Waals surface area contributed by atoms with Gasteiger partial charge in [-0.3, -0.25) is 14.5 Å². The van der Waals surface area contributed by atoms with Gasteiger partial charge in [-0.1, -0.05) is 35.9 Å². The summed E-state index contributed by atoms with van der Waals surface area (Å²) in [6.07, 6.45) is 0.626. The molecule has 0 aromatic heterocycles. The molecule has 0 bridgehead atoms. The van der Waals surface area contributed by atoms with E-state index in [1.54, 1.807) is 24.3 Å². The third-order valence-corrected chi connectivity index (χ3v) is 6.37. The van der Waals surface area contributed by atoms with Gasteiger partial charge in [0.1, 0.15) is 11.6 Å². The van der Waals surface area contributed by atoms with E-state index in [1.165, 1.54) is 11.0 Å². The van der Waals surface area contributed by atoms with Crippen LogP contribution >= 0.6 is 0 Å². The monoisotopic (exact) mass is 452 g/mol. The Balaban J connectivity index is 1.72. The van der Waals surface area contributed by atoms with Gasteiger partial charge in [0.05, 0.1) is 24.8 Å². The van der Waals surface area contributed by atoms with Crippen LogP contribution in [0.1, 0.15) is 34.7 Å². The van der Waals surface area contributed by atoms with Gasteiger partial charge < -0.3 is 14.7 Å². The first-order chi connectivity index (χ1) is 15.9. The normalized spacial score (nSPS) is 21.1. The molecule has 0 aliphatic carbocycles. The van der Waals surface area contributed by atoms with Crippen LogP contribution in [0.3, 0.4) is 0 Å². The highest BCUT2D eigenvalue weighted by molar-refractivity contribution is 6.46. The Labute approximate surface area is 193 Å². The lowest BCUT2D eigenvalue weighted by Crippen LogP contribution is -2.39. The van der Waals surface area contributed by atoms with E-state index in [-0.39, 0.29) is 23.4 Å². The average Bonchev–Trinajstić information content (AvgIpc) is 3.06. The number of benzene rings is 2. The molecule has 2 saturated heterocycles. The number of morpholine rings is 1. The highest BCUT2D eigenvalue weighted by Crippen LogP contribution is 2.40. The van der Waals surface area contributed by atoms with Gasteiger partial charge in [-0.2, -0.15) is 0 Å². The number of carbonyl (C=O) groups is 2. The van der Waals surface area contributed by atoms with Crippen molar-refractivity contribution in [2.24, 2.45) is 0 Å². The fraction of sp³-hybridized carbons (Fsp3) is 0.385. The van der Waals surface area contributed by atoms with Crippen LogP contribution in [0.5, 0.6) is 0 Å². The van der Waals surface area contributed by atoms with Crippen LogP contribution in [0.4, 0.5) is 4.39 Å². The summed E-state index contributed by atoms with van der Waals surface area (Å²) in [5, 5.41) is 11.2. The summed E-state index contributed by atoms with van der Waals surface area (Å²) < 4.78 is 20.3. The first kappa shape index (κ1) is 23.1.